The molecule has 0 radical (unpaired) electrons. The molecule has 1 aromatic carbocycles. The van der Waals surface area contributed by atoms with Gasteiger partial charge >= 0.3 is 0 Å². The van der Waals surface area contributed by atoms with E-state index in [2.05, 4.69) is 22.3 Å². The standard InChI is InChI=1S/C19H24N2O3/c1-23-16-9-7-15(8-10-16)17(21-11-3-2-4-12-21)14-20-19(22)18-6-5-13-24-18/h5-10,13,17H,2-4,11-12,14H2,1H3,(H,20,22)/t17-/m1/s1. The molecule has 1 aliphatic heterocycles. The first-order chi connectivity index (χ1) is 11.8. The van der Waals surface area contributed by atoms with Gasteiger partial charge in [-0.3, -0.25) is 9.69 Å². The minimum Gasteiger partial charge on any atom is -0.497 e. The number of piperidine rings is 1. The van der Waals surface area contributed by atoms with Crippen molar-refractivity contribution in [2.24, 2.45) is 0 Å². The number of carbonyl (C=O) groups excluding carboxylic acids is 1. The largest absolute Gasteiger partial charge is 0.497 e. The molecule has 0 aliphatic carbocycles. The van der Waals surface area contributed by atoms with Crippen LogP contribution in [-0.4, -0.2) is 37.6 Å². The Morgan fingerprint density at radius 3 is 2.58 bits per heavy atom. The van der Waals surface area contributed by atoms with Crippen LogP contribution in [-0.2, 0) is 0 Å². The van der Waals surface area contributed by atoms with Gasteiger partial charge in [-0.05, 0) is 55.8 Å². The summed E-state index contributed by atoms with van der Waals surface area (Å²) in [5.41, 5.74) is 1.19. The second-order valence-electron chi connectivity index (χ2n) is 6.07. The summed E-state index contributed by atoms with van der Waals surface area (Å²) < 4.78 is 10.4. The highest BCUT2D eigenvalue weighted by Crippen LogP contribution is 2.26. The minimum absolute atomic E-state index is 0.162. The highest BCUT2D eigenvalue weighted by atomic mass is 16.5. The van der Waals surface area contributed by atoms with Crippen molar-refractivity contribution in [3.63, 3.8) is 0 Å². The lowest BCUT2D eigenvalue weighted by molar-refractivity contribution is 0.0897. The van der Waals surface area contributed by atoms with Crippen molar-refractivity contribution in [3.8, 4) is 5.75 Å². The molecule has 2 aromatic rings. The zero-order valence-corrected chi connectivity index (χ0v) is 14.0. The Morgan fingerprint density at radius 2 is 1.96 bits per heavy atom. The van der Waals surface area contributed by atoms with Gasteiger partial charge in [0.2, 0.25) is 0 Å². The molecule has 1 N–H and O–H groups in total. The summed E-state index contributed by atoms with van der Waals surface area (Å²) >= 11 is 0. The Hall–Kier alpha value is -2.27. The summed E-state index contributed by atoms with van der Waals surface area (Å²) in [4.78, 5) is 14.6. The third-order valence-corrected chi connectivity index (χ3v) is 4.53. The number of hydrogen-bond donors (Lipinski definition) is 1. The number of nitrogens with one attached hydrogen (secondary N) is 1. The van der Waals surface area contributed by atoms with E-state index in [4.69, 9.17) is 9.15 Å². The lowest BCUT2D eigenvalue weighted by atomic mass is 10.0. The average molecular weight is 328 g/mol. The Labute approximate surface area is 142 Å². The molecule has 2 heterocycles. The number of hydrogen-bond acceptors (Lipinski definition) is 4. The van der Waals surface area contributed by atoms with Crippen molar-refractivity contribution in [1.29, 1.82) is 0 Å². The molecule has 0 spiro atoms. The average Bonchev–Trinajstić information content (AvgIpc) is 3.18. The molecule has 1 amide bonds. The number of rotatable bonds is 6. The molecule has 1 aliphatic rings. The fraction of sp³-hybridized carbons (Fsp3) is 0.421. The van der Waals surface area contributed by atoms with Gasteiger partial charge in [-0.25, -0.2) is 0 Å². The van der Waals surface area contributed by atoms with Crippen LogP contribution in [0.4, 0.5) is 0 Å². The summed E-state index contributed by atoms with van der Waals surface area (Å²) in [6, 6.07) is 11.7. The molecule has 0 saturated carbocycles. The molecule has 5 heteroatoms. The summed E-state index contributed by atoms with van der Waals surface area (Å²) in [7, 11) is 1.67. The van der Waals surface area contributed by atoms with Gasteiger partial charge in [-0.2, -0.15) is 0 Å². The van der Waals surface area contributed by atoms with Crippen LogP contribution in [0.15, 0.2) is 47.1 Å². The van der Waals surface area contributed by atoms with Crippen LogP contribution < -0.4 is 10.1 Å². The maximum atomic E-state index is 12.2. The van der Waals surface area contributed by atoms with Gasteiger partial charge in [0.1, 0.15) is 5.75 Å². The summed E-state index contributed by atoms with van der Waals surface area (Å²) in [6.45, 7) is 2.69. The molecule has 3 rings (SSSR count). The van der Waals surface area contributed by atoms with Crippen LogP contribution in [0, 0.1) is 0 Å². The summed E-state index contributed by atoms with van der Waals surface area (Å²) in [5, 5.41) is 3.00. The van der Waals surface area contributed by atoms with Crippen molar-refractivity contribution in [3.05, 3.63) is 54.0 Å². The van der Waals surface area contributed by atoms with Gasteiger partial charge in [0.15, 0.2) is 5.76 Å². The molecule has 0 bridgehead atoms. The van der Waals surface area contributed by atoms with Gasteiger partial charge in [0.25, 0.3) is 5.91 Å². The lowest BCUT2D eigenvalue weighted by Crippen LogP contribution is -2.40. The first-order valence-corrected chi connectivity index (χ1v) is 8.47. The van der Waals surface area contributed by atoms with Crippen molar-refractivity contribution in [1.82, 2.24) is 10.2 Å². The van der Waals surface area contributed by atoms with E-state index in [1.165, 1.54) is 31.1 Å². The van der Waals surface area contributed by atoms with E-state index in [9.17, 15) is 4.79 Å². The van der Waals surface area contributed by atoms with Crippen LogP contribution in [0.5, 0.6) is 5.75 Å². The van der Waals surface area contributed by atoms with Gasteiger partial charge < -0.3 is 14.5 Å². The number of ether oxygens (including phenoxy) is 1. The van der Waals surface area contributed by atoms with E-state index in [0.717, 1.165) is 18.8 Å². The van der Waals surface area contributed by atoms with Gasteiger partial charge in [-0.1, -0.05) is 18.6 Å². The predicted molar refractivity (Wildman–Crippen MR) is 92.2 cm³/mol. The first kappa shape index (κ1) is 16.6. The van der Waals surface area contributed by atoms with E-state index in [1.807, 2.05) is 12.1 Å². The van der Waals surface area contributed by atoms with Crippen molar-refractivity contribution < 1.29 is 13.9 Å². The third-order valence-electron chi connectivity index (χ3n) is 4.53. The number of methoxy groups -OCH3 is 1. The van der Waals surface area contributed by atoms with Crippen molar-refractivity contribution in [2.45, 2.75) is 25.3 Å². The quantitative estimate of drug-likeness (QED) is 0.884. The number of likely N-dealkylation sites (tertiary alicyclic amines) is 1. The van der Waals surface area contributed by atoms with E-state index in [0.29, 0.717) is 12.3 Å². The van der Waals surface area contributed by atoms with Crippen LogP contribution in [0.25, 0.3) is 0 Å². The van der Waals surface area contributed by atoms with Gasteiger partial charge in [-0.15, -0.1) is 0 Å². The normalized spacial score (nSPS) is 16.5. The zero-order chi connectivity index (χ0) is 16.8. The third kappa shape index (κ3) is 3.97. The Balaban J connectivity index is 1.72. The van der Waals surface area contributed by atoms with Crippen LogP contribution in [0.3, 0.4) is 0 Å². The maximum Gasteiger partial charge on any atom is 0.287 e. The fourth-order valence-electron chi connectivity index (χ4n) is 3.20. The van der Waals surface area contributed by atoms with Gasteiger partial charge in [0, 0.05) is 6.54 Å². The second-order valence-corrected chi connectivity index (χ2v) is 6.07. The van der Waals surface area contributed by atoms with E-state index in [1.54, 1.807) is 19.2 Å². The number of nitrogens with zero attached hydrogens (tertiary/aromatic N) is 1. The molecule has 1 saturated heterocycles. The lowest BCUT2D eigenvalue weighted by Gasteiger charge is -2.35. The molecule has 1 fully saturated rings. The molecule has 1 atom stereocenters. The first-order valence-electron chi connectivity index (χ1n) is 8.47. The maximum absolute atomic E-state index is 12.2. The van der Waals surface area contributed by atoms with E-state index >= 15 is 0 Å². The monoisotopic (exact) mass is 328 g/mol. The predicted octanol–water partition coefficient (Wildman–Crippen LogP) is 3.25. The molecule has 0 unspecified atom stereocenters. The highest BCUT2D eigenvalue weighted by Gasteiger charge is 2.23. The molecule has 1 aromatic heterocycles. The summed E-state index contributed by atoms with van der Waals surface area (Å²) in [6.07, 6.45) is 5.21. The second kappa shape index (κ2) is 8.02. The van der Waals surface area contributed by atoms with E-state index in [-0.39, 0.29) is 11.9 Å². The van der Waals surface area contributed by atoms with Crippen molar-refractivity contribution in [2.75, 3.05) is 26.7 Å². The summed E-state index contributed by atoms with van der Waals surface area (Å²) in [5.74, 6) is 1.02. The zero-order valence-electron chi connectivity index (χ0n) is 14.0. The van der Waals surface area contributed by atoms with E-state index < -0.39 is 0 Å². The van der Waals surface area contributed by atoms with Crippen LogP contribution in [0.2, 0.25) is 0 Å². The fourth-order valence-corrected chi connectivity index (χ4v) is 3.20. The Bertz CT molecular complexity index is 631. The molecular formula is C19H24N2O3. The van der Waals surface area contributed by atoms with Crippen LogP contribution in [0.1, 0.15) is 41.4 Å². The Kier molecular flexibility index (Phi) is 5.54. The number of carbonyl (C=O) groups is 1. The number of amides is 1. The smallest absolute Gasteiger partial charge is 0.287 e. The SMILES string of the molecule is COc1ccc([C@@H](CNC(=O)c2ccco2)N2CCCCC2)cc1. The molecular weight excluding hydrogens is 304 g/mol. The molecule has 128 valence electrons. The number of benzene rings is 1. The molecule has 24 heavy (non-hydrogen) atoms. The molecule has 5 nitrogen and oxygen atoms in total. The number of furan rings is 1. The highest BCUT2D eigenvalue weighted by molar-refractivity contribution is 5.91. The minimum atomic E-state index is -0.171. The van der Waals surface area contributed by atoms with Crippen LogP contribution >= 0.6 is 0 Å². The van der Waals surface area contributed by atoms with Crippen molar-refractivity contribution >= 4 is 5.91 Å². The topological polar surface area (TPSA) is 54.7 Å². The van der Waals surface area contributed by atoms with Gasteiger partial charge in [0.05, 0.1) is 19.4 Å². The Morgan fingerprint density at radius 1 is 1.21 bits per heavy atom.